The van der Waals surface area contributed by atoms with Crippen LogP contribution in [-0.4, -0.2) is 33.3 Å². The number of hydrogen-bond donors (Lipinski definition) is 2. The van der Waals surface area contributed by atoms with Gasteiger partial charge in [-0.15, -0.1) is 0 Å². The minimum Gasteiger partial charge on any atom is -0.481 e. The van der Waals surface area contributed by atoms with Gasteiger partial charge in [-0.1, -0.05) is 20.8 Å². The van der Waals surface area contributed by atoms with Crippen molar-refractivity contribution in [3.8, 4) is 0 Å². The number of nitrogens with zero attached hydrogens (tertiary/aromatic N) is 2. The molecule has 6 nitrogen and oxygen atoms in total. The highest BCUT2D eigenvalue weighted by atomic mass is 16.4. The first-order valence-corrected chi connectivity index (χ1v) is 7.50. The smallest absolute Gasteiger partial charge is 0.303 e. The first kappa shape index (κ1) is 17.2. The quantitative estimate of drug-likeness (QED) is 0.683. The maximum atomic E-state index is 12.1. The summed E-state index contributed by atoms with van der Waals surface area (Å²) in [6.07, 6.45) is 3.76. The topological polar surface area (TPSA) is 84.2 Å². The molecule has 0 aromatic carbocycles. The van der Waals surface area contributed by atoms with Gasteiger partial charge in [0.25, 0.3) is 5.91 Å². The van der Waals surface area contributed by atoms with Crippen LogP contribution in [0.2, 0.25) is 0 Å². The molecule has 21 heavy (non-hydrogen) atoms. The third kappa shape index (κ3) is 5.57. The minimum atomic E-state index is -0.801. The number of carboxylic acid groups (broad SMARTS) is 1. The summed E-state index contributed by atoms with van der Waals surface area (Å²) < 4.78 is 1.89. The third-order valence-corrected chi connectivity index (χ3v) is 3.17. The highest BCUT2D eigenvalue weighted by Crippen LogP contribution is 2.12. The number of carbonyl (C=O) groups is 2. The van der Waals surface area contributed by atoms with Gasteiger partial charge < -0.3 is 10.4 Å². The zero-order chi connectivity index (χ0) is 15.8. The van der Waals surface area contributed by atoms with Crippen LogP contribution in [0.15, 0.2) is 6.20 Å². The van der Waals surface area contributed by atoms with Crippen LogP contribution < -0.4 is 5.32 Å². The first-order valence-electron chi connectivity index (χ1n) is 7.50. The number of hydrogen-bond acceptors (Lipinski definition) is 3. The molecule has 0 atom stereocenters. The summed E-state index contributed by atoms with van der Waals surface area (Å²) in [6.45, 7) is 7.53. The lowest BCUT2D eigenvalue weighted by Crippen LogP contribution is -2.25. The van der Waals surface area contributed by atoms with Crippen molar-refractivity contribution in [1.82, 2.24) is 15.1 Å². The molecule has 0 aliphatic heterocycles. The van der Waals surface area contributed by atoms with E-state index in [4.69, 9.17) is 5.11 Å². The van der Waals surface area contributed by atoms with Crippen LogP contribution in [0.5, 0.6) is 0 Å². The van der Waals surface area contributed by atoms with E-state index in [1.807, 2.05) is 11.6 Å². The van der Waals surface area contributed by atoms with Crippen LogP contribution in [0.4, 0.5) is 0 Å². The fraction of sp³-hybridized carbons (Fsp3) is 0.667. The SMILES string of the molecule is CCc1c(C(=O)NCCCCC(=O)O)cnn1CC(C)C. The molecule has 0 fully saturated rings. The Hall–Kier alpha value is -1.85. The Bertz CT molecular complexity index is 481. The van der Waals surface area contributed by atoms with Crippen LogP contribution >= 0.6 is 0 Å². The molecule has 1 aromatic heterocycles. The Morgan fingerprint density at radius 2 is 2.10 bits per heavy atom. The van der Waals surface area contributed by atoms with E-state index in [0.29, 0.717) is 30.9 Å². The molecule has 0 spiro atoms. The standard InChI is InChI=1S/C15H25N3O3/c1-4-13-12(9-17-18(13)10-11(2)3)15(21)16-8-6-5-7-14(19)20/h9,11H,4-8,10H2,1-3H3,(H,16,21)(H,19,20). The van der Waals surface area contributed by atoms with Crippen molar-refractivity contribution in [3.63, 3.8) is 0 Å². The zero-order valence-electron chi connectivity index (χ0n) is 13.1. The van der Waals surface area contributed by atoms with Crippen molar-refractivity contribution in [2.24, 2.45) is 5.92 Å². The molecule has 0 unspecified atom stereocenters. The van der Waals surface area contributed by atoms with E-state index in [0.717, 1.165) is 18.7 Å². The van der Waals surface area contributed by atoms with E-state index >= 15 is 0 Å². The summed E-state index contributed by atoms with van der Waals surface area (Å²) in [7, 11) is 0. The van der Waals surface area contributed by atoms with Crippen molar-refractivity contribution in [2.45, 2.75) is 53.0 Å². The largest absolute Gasteiger partial charge is 0.481 e. The van der Waals surface area contributed by atoms with Gasteiger partial charge in [0, 0.05) is 19.5 Å². The van der Waals surface area contributed by atoms with Crippen LogP contribution in [0.25, 0.3) is 0 Å². The summed E-state index contributed by atoms with van der Waals surface area (Å²) in [4.78, 5) is 22.5. The van der Waals surface area contributed by atoms with E-state index in [-0.39, 0.29) is 12.3 Å². The molecule has 0 bridgehead atoms. The summed E-state index contributed by atoms with van der Waals surface area (Å²) in [5, 5.41) is 15.7. The number of carbonyl (C=O) groups excluding carboxylic acids is 1. The second-order valence-electron chi connectivity index (χ2n) is 5.54. The monoisotopic (exact) mass is 295 g/mol. The molecule has 0 aliphatic carbocycles. The predicted octanol–water partition coefficient (Wildman–Crippen LogP) is 2.09. The first-order chi connectivity index (χ1) is 9.95. The maximum Gasteiger partial charge on any atom is 0.303 e. The Kier molecular flexibility index (Phi) is 6.91. The van der Waals surface area contributed by atoms with Gasteiger partial charge in [-0.25, -0.2) is 0 Å². The minimum absolute atomic E-state index is 0.128. The number of unbranched alkanes of at least 4 members (excludes halogenated alkanes) is 1. The van der Waals surface area contributed by atoms with Crippen molar-refractivity contribution >= 4 is 11.9 Å². The van der Waals surface area contributed by atoms with Gasteiger partial charge in [0.2, 0.25) is 0 Å². The molecular formula is C15H25N3O3. The van der Waals surface area contributed by atoms with Crippen LogP contribution in [-0.2, 0) is 17.8 Å². The summed E-state index contributed by atoms with van der Waals surface area (Å²) in [5.74, 6) is -0.455. The van der Waals surface area contributed by atoms with Crippen LogP contribution in [0.1, 0.15) is 56.1 Å². The van der Waals surface area contributed by atoms with Crippen molar-refractivity contribution in [1.29, 1.82) is 0 Å². The molecule has 118 valence electrons. The summed E-state index contributed by atoms with van der Waals surface area (Å²) in [5.41, 5.74) is 1.57. The lowest BCUT2D eigenvalue weighted by molar-refractivity contribution is -0.137. The van der Waals surface area contributed by atoms with Gasteiger partial charge in [-0.2, -0.15) is 5.10 Å². The average Bonchev–Trinajstić information content (AvgIpc) is 2.79. The lowest BCUT2D eigenvalue weighted by atomic mass is 10.1. The average molecular weight is 295 g/mol. The van der Waals surface area contributed by atoms with E-state index < -0.39 is 5.97 Å². The molecular weight excluding hydrogens is 270 g/mol. The lowest BCUT2D eigenvalue weighted by Gasteiger charge is -2.10. The highest BCUT2D eigenvalue weighted by Gasteiger charge is 2.16. The number of aromatic nitrogens is 2. The second-order valence-corrected chi connectivity index (χ2v) is 5.54. The molecule has 0 radical (unpaired) electrons. The number of carboxylic acids is 1. The van der Waals surface area contributed by atoms with Gasteiger partial charge in [0.15, 0.2) is 0 Å². The normalized spacial score (nSPS) is 10.9. The molecule has 1 rings (SSSR count). The fourth-order valence-electron chi connectivity index (χ4n) is 2.17. The number of rotatable bonds is 9. The molecule has 2 N–H and O–H groups in total. The fourth-order valence-corrected chi connectivity index (χ4v) is 2.17. The number of amides is 1. The van der Waals surface area contributed by atoms with Crippen molar-refractivity contribution < 1.29 is 14.7 Å². The summed E-state index contributed by atoms with van der Waals surface area (Å²) >= 11 is 0. The molecule has 0 aliphatic rings. The van der Waals surface area contributed by atoms with Crippen molar-refractivity contribution in [3.05, 3.63) is 17.5 Å². The Morgan fingerprint density at radius 3 is 2.67 bits per heavy atom. The molecule has 0 saturated carbocycles. The molecule has 0 saturated heterocycles. The molecule has 1 amide bonds. The Labute approximate surface area is 125 Å². The highest BCUT2D eigenvalue weighted by molar-refractivity contribution is 5.95. The van der Waals surface area contributed by atoms with Crippen molar-refractivity contribution in [2.75, 3.05) is 6.54 Å². The Balaban J connectivity index is 2.54. The maximum absolute atomic E-state index is 12.1. The van der Waals surface area contributed by atoms with Crippen LogP contribution in [0, 0.1) is 5.92 Å². The van der Waals surface area contributed by atoms with Gasteiger partial charge in [0.1, 0.15) is 0 Å². The molecule has 6 heteroatoms. The molecule has 1 heterocycles. The van der Waals surface area contributed by atoms with E-state index in [9.17, 15) is 9.59 Å². The molecule has 1 aromatic rings. The van der Waals surface area contributed by atoms with E-state index in [2.05, 4.69) is 24.3 Å². The predicted molar refractivity (Wildman–Crippen MR) is 80.3 cm³/mol. The second kappa shape index (κ2) is 8.44. The zero-order valence-corrected chi connectivity index (χ0v) is 13.1. The number of aliphatic carboxylic acids is 1. The van der Waals surface area contributed by atoms with Gasteiger partial charge >= 0.3 is 5.97 Å². The van der Waals surface area contributed by atoms with Gasteiger partial charge in [-0.05, 0) is 25.2 Å². The van der Waals surface area contributed by atoms with Gasteiger partial charge in [0.05, 0.1) is 17.5 Å². The third-order valence-electron chi connectivity index (χ3n) is 3.17. The summed E-state index contributed by atoms with van der Waals surface area (Å²) in [6, 6.07) is 0. The number of nitrogens with one attached hydrogen (secondary N) is 1. The Morgan fingerprint density at radius 1 is 1.38 bits per heavy atom. The van der Waals surface area contributed by atoms with E-state index in [1.54, 1.807) is 6.20 Å². The van der Waals surface area contributed by atoms with Crippen LogP contribution in [0.3, 0.4) is 0 Å². The van der Waals surface area contributed by atoms with E-state index in [1.165, 1.54) is 0 Å². The van der Waals surface area contributed by atoms with Gasteiger partial charge in [-0.3, -0.25) is 14.3 Å².